The third-order valence-corrected chi connectivity index (χ3v) is 8.55. The maximum Gasteiger partial charge on any atom is 0.481 e. The van der Waals surface area contributed by atoms with Crippen LogP contribution in [0.25, 0.3) is 0 Å². The van der Waals surface area contributed by atoms with Gasteiger partial charge in [-0.2, -0.15) is 4.31 Å². The minimum absolute atomic E-state index is 0.718. The van der Waals surface area contributed by atoms with E-state index in [1.165, 1.54) is 0 Å². The molecule has 20 nitrogen and oxygen atoms in total. The first-order chi connectivity index (χ1) is 18.1. The molecule has 3 rings (SSSR count). The van der Waals surface area contributed by atoms with E-state index in [9.17, 15) is 64.3 Å². The van der Waals surface area contributed by atoms with Crippen LogP contribution >= 0.6 is 15.6 Å². The second kappa shape index (κ2) is 12.2. The van der Waals surface area contributed by atoms with Crippen molar-refractivity contribution in [1.29, 1.82) is 0 Å². The Bertz CT molecular complexity index is 1210. The predicted molar refractivity (Wildman–Crippen MR) is 120 cm³/mol. The molecule has 2 aliphatic rings. The third kappa shape index (κ3) is 7.08. The first kappa shape index (κ1) is 32.1. The molecule has 39 heavy (non-hydrogen) atoms. The number of aliphatic hydroxyl groups excluding tert-OH is 7. The Balaban J connectivity index is 1.62. The topological polar surface area (TPSA) is 317 Å². The molecule has 11 atom stereocenters. The summed E-state index contributed by atoms with van der Waals surface area (Å²) in [5.41, 5.74) is -4.15. The molecule has 1 aromatic rings. The summed E-state index contributed by atoms with van der Waals surface area (Å²) in [6, 6.07) is 0.924. The van der Waals surface area contributed by atoms with Crippen molar-refractivity contribution in [2.45, 2.75) is 54.6 Å². The molecule has 0 aliphatic carbocycles. The number of nitrogens with zero attached hydrogens (tertiary/aromatic N) is 1. The highest BCUT2D eigenvalue weighted by atomic mass is 31.3. The second-order valence-corrected chi connectivity index (χ2v) is 11.7. The van der Waals surface area contributed by atoms with Crippen LogP contribution in [0.3, 0.4) is 0 Å². The van der Waals surface area contributed by atoms with Crippen LogP contribution in [0.15, 0.2) is 21.9 Å². The van der Waals surface area contributed by atoms with Crippen molar-refractivity contribution in [3.8, 4) is 0 Å². The fourth-order valence-electron chi connectivity index (χ4n) is 3.86. The highest BCUT2D eigenvalue weighted by Gasteiger charge is 2.54. The monoisotopic (exact) mass is 610 g/mol. The normalized spacial score (nSPS) is 38.3. The number of rotatable bonds is 11. The number of aliphatic hydroxyl groups is 7. The Morgan fingerprint density at radius 2 is 1.56 bits per heavy atom. The molecule has 2 unspecified atom stereocenters. The van der Waals surface area contributed by atoms with Gasteiger partial charge in [0.05, 0.1) is 26.4 Å². The molecular formula is C17H28N2O18P2. The minimum Gasteiger partial charge on any atom is -0.394 e. The van der Waals surface area contributed by atoms with Gasteiger partial charge in [0, 0.05) is 12.3 Å². The number of hydrogen-bond acceptors (Lipinski definition) is 16. The fraction of sp³-hybridized carbons (Fsp3) is 0.765. The maximum atomic E-state index is 12.3. The lowest BCUT2D eigenvalue weighted by Crippen LogP contribution is -2.68. The van der Waals surface area contributed by atoms with Gasteiger partial charge in [-0.1, -0.05) is 0 Å². The van der Waals surface area contributed by atoms with Crippen LogP contribution in [0.2, 0.25) is 0 Å². The number of ether oxygens (including phenoxy) is 2. The van der Waals surface area contributed by atoms with Crippen molar-refractivity contribution in [3.05, 3.63) is 33.1 Å². The van der Waals surface area contributed by atoms with Crippen molar-refractivity contribution >= 4 is 15.6 Å². The number of phosphoric acid groups is 2. The molecule has 22 heteroatoms. The van der Waals surface area contributed by atoms with Gasteiger partial charge in [-0.05, 0) is 0 Å². The lowest BCUT2D eigenvalue weighted by molar-refractivity contribution is -0.289. The van der Waals surface area contributed by atoms with Gasteiger partial charge in [-0.3, -0.25) is 23.4 Å². The molecule has 2 aliphatic heterocycles. The Hall–Kier alpha value is -1.42. The predicted octanol–water partition coefficient (Wildman–Crippen LogP) is -5.39. The second-order valence-electron chi connectivity index (χ2n) is 8.64. The minimum atomic E-state index is -5.56. The average molecular weight is 610 g/mol. The summed E-state index contributed by atoms with van der Waals surface area (Å²) >= 11 is 0. The summed E-state index contributed by atoms with van der Waals surface area (Å²) in [7, 11) is -11.1. The van der Waals surface area contributed by atoms with Crippen LogP contribution in [0.4, 0.5) is 0 Å². The number of aromatic nitrogens is 2. The smallest absolute Gasteiger partial charge is 0.394 e. The summed E-state index contributed by atoms with van der Waals surface area (Å²) in [5, 5.41) is 69.2. The van der Waals surface area contributed by atoms with Crippen LogP contribution in [-0.2, 0) is 32.0 Å². The number of phosphoric ester groups is 2. The number of nitrogens with one attached hydrogen (secondary N) is 1. The largest absolute Gasteiger partial charge is 0.481 e. The van der Waals surface area contributed by atoms with Crippen LogP contribution in [-0.4, -0.2) is 130 Å². The standard InChI is InChI=1S/C17H28N2O18P2/c20-3-7-10(23)12(25)14(27)17(5-21,36-7)6-34-39(31,32)37-38(29,30)33-4-8-11(24)13(26)15(35-8)19-2-1-9(22)18-16(19)28/h1-2,7-8,10-15,20-21,23-27H,3-6H2,(H,29,30)(H,31,32)(H,18,22,28)/t7-,8-,10+,11-,12+,13-,14-,15-,17-/m1/s1. The first-order valence-electron chi connectivity index (χ1n) is 11.0. The molecule has 0 bridgehead atoms. The quantitative estimate of drug-likeness (QED) is 0.105. The summed E-state index contributed by atoms with van der Waals surface area (Å²) in [5.74, 6) is 0. The molecule has 224 valence electrons. The molecule has 0 saturated carbocycles. The van der Waals surface area contributed by atoms with Gasteiger partial charge in [0.15, 0.2) is 6.23 Å². The number of hydrogen-bond donors (Lipinski definition) is 10. The summed E-state index contributed by atoms with van der Waals surface area (Å²) in [4.78, 5) is 44.8. The molecule has 2 fully saturated rings. The molecule has 0 aromatic carbocycles. The van der Waals surface area contributed by atoms with E-state index in [1.807, 2.05) is 4.98 Å². The van der Waals surface area contributed by atoms with Gasteiger partial charge in [0.2, 0.25) is 0 Å². The van der Waals surface area contributed by atoms with Crippen molar-refractivity contribution in [3.63, 3.8) is 0 Å². The van der Waals surface area contributed by atoms with E-state index in [-0.39, 0.29) is 0 Å². The average Bonchev–Trinajstić information content (AvgIpc) is 3.14. The van der Waals surface area contributed by atoms with Crippen LogP contribution < -0.4 is 11.2 Å². The van der Waals surface area contributed by atoms with Crippen LogP contribution in [0, 0.1) is 0 Å². The summed E-state index contributed by atoms with van der Waals surface area (Å²) < 4.78 is 48.8. The highest BCUT2D eigenvalue weighted by molar-refractivity contribution is 7.61. The lowest BCUT2D eigenvalue weighted by Gasteiger charge is -2.47. The summed E-state index contributed by atoms with van der Waals surface area (Å²) in [6.45, 7) is -4.38. The van der Waals surface area contributed by atoms with Gasteiger partial charge >= 0.3 is 21.3 Å². The molecule has 0 spiro atoms. The Morgan fingerprint density at radius 1 is 0.949 bits per heavy atom. The van der Waals surface area contributed by atoms with Gasteiger partial charge in [0.25, 0.3) is 5.56 Å². The molecule has 10 N–H and O–H groups in total. The highest BCUT2D eigenvalue weighted by Crippen LogP contribution is 2.61. The maximum absolute atomic E-state index is 12.3. The molecule has 0 radical (unpaired) electrons. The van der Waals surface area contributed by atoms with E-state index < -0.39 is 108 Å². The Kier molecular flexibility index (Phi) is 10.1. The zero-order valence-electron chi connectivity index (χ0n) is 19.6. The third-order valence-electron chi connectivity index (χ3n) is 5.97. The molecular weight excluding hydrogens is 582 g/mol. The van der Waals surface area contributed by atoms with Crippen molar-refractivity contribution in [2.75, 3.05) is 26.4 Å². The molecule has 3 heterocycles. The van der Waals surface area contributed by atoms with Crippen molar-refractivity contribution in [2.24, 2.45) is 0 Å². The number of H-pyrrole nitrogens is 1. The van der Waals surface area contributed by atoms with Gasteiger partial charge in [0.1, 0.15) is 48.3 Å². The zero-order valence-corrected chi connectivity index (χ0v) is 21.4. The van der Waals surface area contributed by atoms with Crippen molar-refractivity contribution < 1.29 is 77.5 Å². The van der Waals surface area contributed by atoms with E-state index in [2.05, 4.69) is 13.4 Å². The SMILES string of the molecule is O=c1ccn([C@@H]2O[C@H](COP(=O)(O)OP(=O)(O)OC[C@@]3(CO)O[C@H](CO)[C@H](O)[C@H](O)[C@H]3O)[C@@H](O)[C@H]2O)c(=O)[nH]1. The van der Waals surface area contributed by atoms with E-state index in [0.29, 0.717) is 0 Å². The van der Waals surface area contributed by atoms with Crippen LogP contribution in [0.5, 0.6) is 0 Å². The van der Waals surface area contributed by atoms with Gasteiger partial charge < -0.3 is 55.0 Å². The molecule has 2 saturated heterocycles. The van der Waals surface area contributed by atoms with E-state index in [0.717, 1.165) is 16.8 Å². The lowest BCUT2D eigenvalue weighted by atomic mass is 9.86. The Morgan fingerprint density at radius 3 is 2.15 bits per heavy atom. The van der Waals surface area contributed by atoms with E-state index in [1.54, 1.807) is 0 Å². The van der Waals surface area contributed by atoms with Gasteiger partial charge in [-0.25, -0.2) is 13.9 Å². The summed E-state index contributed by atoms with van der Waals surface area (Å²) in [6.07, 6.45) is -13.2. The number of aromatic amines is 1. The van der Waals surface area contributed by atoms with Gasteiger partial charge in [-0.15, -0.1) is 0 Å². The molecule has 0 amide bonds. The van der Waals surface area contributed by atoms with Crippen molar-refractivity contribution in [1.82, 2.24) is 9.55 Å². The van der Waals surface area contributed by atoms with Crippen LogP contribution in [0.1, 0.15) is 6.23 Å². The fourth-order valence-corrected chi connectivity index (χ4v) is 6.00. The Labute approximate surface area is 217 Å². The zero-order chi connectivity index (χ0) is 29.3. The molecule has 1 aromatic heterocycles. The van der Waals surface area contributed by atoms with E-state index >= 15 is 0 Å². The first-order valence-corrected chi connectivity index (χ1v) is 14.0. The van der Waals surface area contributed by atoms with E-state index in [4.69, 9.17) is 9.47 Å².